The first-order valence-corrected chi connectivity index (χ1v) is 11.7. The molecule has 2 aromatic carbocycles. The summed E-state index contributed by atoms with van der Waals surface area (Å²) in [5.41, 5.74) is 1.91. The van der Waals surface area contributed by atoms with Crippen LogP contribution in [0.1, 0.15) is 24.2 Å². The Bertz CT molecular complexity index is 1030. The summed E-state index contributed by atoms with van der Waals surface area (Å²) in [5, 5.41) is 5.39. The first-order valence-electron chi connectivity index (χ1n) is 11.7. The van der Waals surface area contributed by atoms with E-state index in [0.29, 0.717) is 30.4 Å². The quantitative estimate of drug-likeness (QED) is 0.479. The zero-order valence-corrected chi connectivity index (χ0v) is 21.0. The topological polar surface area (TPSA) is 115 Å². The molecule has 3 rings (SSSR count). The van der Waals surface area contributed by atoms with Gasteiger partial charge in [0.05, 0.1) is 27.4 Å². The minimum atomic E-state index is -0.949. The van der Waals surface area contributed by atoms with Crippen molar-refractivity contribution in [1.29, 1.82) is 0 Å². The molecule has 10 heteroatoms. The van der Waals surface area contributed by atoms with Gasteiger partial charge < -0.3 is 34.5 Å². The molecule has 1 fully saturated rings. The molecule has 0 saturated carbocycles. The van der Waals surface area contributed by atoms with Crippen molar-refractivity contribution in [2.45, 2.75) is 19.9 Å². The summed E-state index contributed by atoms with van der Waals surface area (Å²) in [5.74, 6) is -1.06. The minimum Gasteiger partial charge on any atom is -0.497 e. The number of carbonyl (C=O) groups excluding carboxylic acids is 3. The molecule has 1 aliphatic rings. The first kappa shape index (κ1) is 26.8. The highest BCUT2D eigenvalue weighted by Crippen LogP contribution is 2.23. The molecule has 10 nitrogen and oxygen atoms in total. The zero-order chi connectivity index (χ0) is 26.1. The Morgan fingerprint density at radius 2 is 1.58 bits per heavy atom. The largest absolute Gasteiger partial charge is 0.497 e. The molecule has 1 heterocycles. The molecule has 2 N–H and O–H groups in total. The van der Waals surface area contributed by atoms with Crippen LogP contribution in [0.3, 0.4) is 0 Å². The molecule has 0 unspecified atom stereocenters. The number of ether oxygens (including phenoxy) is 4. The summed E-state index contributed by atoms with van der Waals surface area (Å²) in [7, 11) is 2.96. The standard InChI is InChI=1S/C26H33N3O7/c1-17(2)24(28-25(31)18-13-21(33-3)15-22(14-18)34-4)26(32)36-16-23(30)27-19-5-7-20(8-6-19)29-9-11-35-12-10-29/h5-8,13-15,17,24H,9-12,16H2,1-4H3,(H,27,30)(H,28,31)/t24-/m0/s1. The van der Waals surface area contributed by atoms with Crippen molar-refractivity contribution >= 4 is 29.2 Å². The lowest BCUT2D eigenvalue weighted by atomic mass is 10.0. The van der Waals surface area contributed by atoms with E-state index in [4.69, 9.17) is 18.9 Å². The van der Waals surface area contributed by atoms with E-state index in [-0.39, 0.29) is 11.5 Å². The smallest absolute Gasteiger partial charge is 0.329 e. The second-order valence-electron chi connectivity index (χ2n) is 8.60. The van der Waals surface area contributed by atoms with Crippen LogP contribution in [0.2, 0.25) is 0 Å². The van der Waals surface area contributed by atoms with E-state index < -0.39 is 30.4 Å². The number of esters is 1. The van der Waals surface area contributed by atoms with Crippen molar-refractivity contribution in [3.63, 3.8) is 0 Å². The molecule has 36 heavy (non-hydrogen) atoms. The number of amides is 2. The second-order valence-corrected chi connectivity index (χ2v) is 8.60. The third kappa shape index (κ3) is 7.35. The van der Waals surface area contributed by atoms with Gasteiger partial charge in [0.2, 0.25) is 0 Å². The van der Waals surface area contributed by atoms with Crippen LogP contribution < -0.4 is 25.0 Å². The average molecular weight is 500 g/mol. The molecule has 2 aromatic rings. The predicted molar refractivity (Wildman–Crippen MR) is 135 cm³/mol. The Hall–Kier alpha value is -3.79. The molecule has 0 aromatic heterocycles. The van der Waals surface area contributed by atoms with Gasteiger partial charge in [0, 0.05) is 36.1 Å². The van der Waals surface area contributed by atoms with Crippen LogP contribution in [0, 0.1) is 5.92 Å². The van der Waals surface area contributed by atoms with Crippen LogP contribution in [0.15, 0.2) is 42.5 Å². The van der Waals surface area contributed by atoms with Gasteiger partial charge in [0.1, 0.15) is 17.5 Å². The lowest BCUT2D eigenvalue weighted by Crippen LogP contribution is -2.46. The Morgan fingerprint density at radius 3 is 2.14 bits per heavy atom. The van der Waals surface area contributed by atoms with E-state index in [1.807, 2.05) is 12.1 Å². The van der Waals surface area contributed by atoms with E-state index in [1.54, 1.807) is 44.2 Å². The lowest BCUT2D eigenvalue weighted by Gasteiger charge is -2.28. The van der Waals surface area contributed by atoms with Gasteiger partial charge in [-0.2, -0.15) is 0 Å². The van der Waals surface area contributed by atoms with E-state index in [0.717, 1.165) is 18.8 Å². The maximum absolute atomic E-state index is 12.8. The number of anilines is 2. The fourth-order valence-corrected chi connectivity index (χ4v) is 3.66. The Kier molecular flexibility index (Phi) is 9.52. The van der Waals surface area contributed by atoms with Crippen molar-refractivity contribution in [3.8, 4) is 11.5 Å². The monoisotopic (exact) mass is 499 g/mol. The van der Waals surface area contributed by atoms with Gasteiger partial charge in [-0.05, 0) is 42.3 Å². The summed E-state index contributed by atoms with van der Waals surface area (Å²) in [6.07, 6.45) is 0. The van der Waals surface area contributed by atoms with Gasteiger partial charge in [0.25, 0.3) is 11.8 Å². The number of benzene rings is 2. The molecule has 0 spiro atoms. The van der Waals surface area contributed by atoms with Crippen LogP contribution in [0.5, 0.6) is 11.5 Å². The van der Waals surface area contributed by atoms with Gasteiger partial charge in [-0.25, -0.2) is 4.79 Å². The van der Waals surface area contributed by atoms with Crippen LogP contribution in [-0.2, 0) is 19.1 Å². The SMILES string of the molecule is COc1cc(OC)cc(C(=O)N[C@H](C(=O)OCC(=O)Nc2ccc(N3CCOCC3)cc2)C(C)C)c1. The number of methoxy groups -OCH3 is 2. The Balaban J connectivity index is 1.54. The van der Waals surface area contributed by atoms with Gasteiger partial charge in [0.15, 0.2) is 6.61 Å². The van der Waals surface area contributed by atoms with Crippen molar-refractivity contribution in [2.75, 3.05) is 57.3 Å². The van der Waals surface area contributed by atoms with Crippen molar-refractivity contribution < 1.29 is 33.3 Å². The summed E-state index contributed by atoms with van der Waals surface area (Å²) in [4.78, 5) is 40.1. The third-order valence-electron chi connectivity index (χ3n) is 5.69. The lowest BCUT2D eigenvalue weighted by molar-refractivity contribution is -0.150. The molecule has 194 valence electrons. The second kappa shape index (κ2) is 12.8. The van der Waals surface area contributed by atoms with Crippen molar-refractivity contribution in [2.24, 2.45) is 5.92 Å². The highest BCUT2D eigenvalue weighted by Gasteiger charge is 2.27. The maximum Gasteiger partial charge on any atom is 0.329 e. The molecule has 2 amide bonds. The molecule has 0 bridgehead atoms. The number of hydrogen-bond acceptors (Lipinski definition) is 8. The molecular weight excluding hydrogens is 466 g/mol. The van der Waals surface area contributed by atoms with E-state index in [9.17, 15) is 14.4 Å². The molecule has 1 aliphatic heterocycles. The summed E-state index contributed by atoms with van der Waals surface area (Å²) in [6.45, 7) is 6.09. The molecule has 1 saturated heterocycles. The highest BCUT2D eigenvalue weighted by atomic mass is 16.5. The number of morpholine rings is 1. The van der Waals surface area contributed by atoms with Gasteiger partial charge >= 0.3 is 5.97 Å². The van der Waals surface area contributed by atoms with Gasteiger partial charge in [-0.3, -0.25) is 9.59 Å². The number of rotatable bonds is 10. The average Bonchev–Trinajstić information content (AvgIpc) is 2.90. The van der Waals surface area contributed by atoms with E-state index in [1.165, 1.54) is 14.2 Å². The van der Waals surface area contributed by atoms with Crippen LogP contribution >= 0.6 is 0 Å². The van der Waals surface area contributed by atoms with Crippen molar-refractivity contribution in [3.05, 3.63) is 48.0 Å². The van der Waals surface area contributed by atoms with E-state index >= 15 is 0 Å². The normalized spacial score (nSPS) is 14.1. The molecule has 0 aliphatic carbocycles. The maximum atomic E-state index is 12.8. The fourth-order valence-electron chi connectivity index (χ4n) is 3.66. The van der Waals surface area contributed by atoms with Crippen molar-refractivity contribution in [1.82, 2.24) is 5.32 Å². The number of carbonyl (C=O) groups is 3. The predicted octanol–water partition coefficient (Wildman–Crippen LogP) is 2.48. The molecule has 1 atom stereocenters. The molecule has 0 radical (unpaired) electrons. The van der Waals surface area contributed by atoms with E-state index in [2.05, 4.69) is 15.5 Å². The van der Waals surface area contributed by atoms with Gasteiger partial charge in [-0.15, -0.1) is 0 Å². The first-order chi connectivity index (χ1) is 17.3. The fraction of sp³-hybridized carbons (Fsp3) is 0.423. The Labute approximate surface area is 210 Å². The molecular formula is C26H33N3O7. The third-order valence-corrected chi connectivity index (χ3v) is 5.69. The summed E-state index contributed by atoms with van der Waals surface area (Å²) in [6, 6.07) is 11.2. The van der Waals surface area contributed by atoms with Crippen LogP contribution in [0.4, 0.5) is 11.4 Å². The Morgan fingerprint density at radius 1 is 0.972 bits per heavy atom. The minimum absolute atomic E-state index is 0.267. The zero-order valence-electron chi connectivity index (χ0n) is 21.0. The number of nitrogens with one attached hydrogen (secondary N) is 2. The van der Waals surface area contributed by atoms with Crippen LogP contribution in [-0.4, -0.2) is 71.0 Å². The highest BCUT2D eigenvalue weighted by molar-refractivity contribution is 5.98. The van der Waals surface area contributed by atoms with Gasteiger partial charge in [-0.1, -0.05) is 13.8 Å². The van der Waals surface area contributed by atoms with Crippen LogP contribution in [0.25, 0.3) is 0 Å². The number of hydrogen-bond donors (Lipinski definition) is 2. The summed E-state index contributed by atoms with van der Waals surface area (Å²) < 4.78 is 21.0. The summed E-state index contributed by atoms with van der Waals surface area (Å²) >= 11 is 0. The number of nitrogens with zero attached hydrogens (tertiary/aromatic N) is 1.